The van der Waals surface area contributed by atoms with Crippen LogP contribution in [0, 0.1) is 23.7 Å². The molecule has 0 saturated heterocycles. The molecule has 4 heteroatoms. The van der Waals surface area contributed by atoms with Crippen molar-refractivity contribution in [2.75, 3.05) is 0 Å². The number of hydrogen-bond donors (Lipinski definition) is 0. The third-order valence-electron chi connectivity index (χ3n) is 16.7. The van der Waals surface area contributed by atoms with E-state index >= 15 is 9.59 Å². The summed E-state index contributed by atoms with van der Waals surface area (Å²) >= 11 is 0. The summed E-state index contributed by atoms with van der Waals surface area (Å²) in [6, 6.07) is 43.4. The van der Waals surface area contributed by atoms with E-state index < -0.39 is 0 Å². The van der Waals surface area contributed by atoms with Gasteiger partial charge in [0.05, 0.1) is 21.8 Å². The molecule has 0 N–H and O–H groups in total. The molecule has 0 spiro atoms. The lowest BCUT2D eigenvalue weighted by molar-refractivity contribution is 0.166. The number of fused-ring (bicyclic) bond motifs is 5. The molecule has 6 aromatic carbocycles. The van der Waals surface area contributed by atoms with E-state index in [4.69, 9.17) is 0 Å². The van der Waals surface area contributed by atoms with Crippen LogP contribution in [-0.2, 0) is 0 Å². The molecule has 8 aliphatic carbocycles. The molecule has 16 rings (SSSR count). The Labute approximate surface area is 349 Å². The second-order valence-corrected chi connectivity index (χ2v) is 19.9. The van der Waals surface area contributed by atoms with Crippen LogP contribution in [0.1, 0.15) is 110 Å². The maximum atomic E-state index is 16.1. The largest absolute Gasteiger partial charge is 0.283 e. The fourth-order valence-electron chi connectivity index (χ4n) is 15.1. The Kier molecular flexibility index (Phi) is 7.04. The summed E-state index contributed by atoms with van der Waals surface area (Å²) in [5.74, 6) is 4.45. The van der Waals surface area contributed by atoms with Crippen LogP contribution in [0.4, 0.5) is 0 Å². The maximum Gasteiger partial charge on any atom is 0.283 e. The van der Waals surface area contributed by atoms with E-state index in [1.807, 2.05) is 0 Å². The lowest BCUT2D eigenvalue weighted by atomic mass is 9.67. The molecule has 4 unspecified atom stereocenters. The molecular formula is C56H48N2O2. The van der Waals surface area contributed by atoms with Crippen molar-refractivity contribution in [3.63, 3.8) is 0 Å². The van der Waals surface area contributed by atoms with Gasteiger partial charge in [0.15, 0.2) is 0 Å². The lowest BCUT2D eigenvalue weighted by Gasteiger charge is -2.38. The summed E-state index contributed by atoms with van der Waals surface area (Å²) in [5.41, 5.74) is 16.2. The summed E-state index contributed by atoms with van der Waals surface area (Å²) in [6.07, 6.45) is 12.2. The quantitative estimate of drug-likeness (QED) is 0.178. The lowest BCUT2D eigenvalue weighted by Crippen LogP contribution is -2.26. The van der Waals surface area contributed by atoms with Gasteiger partial charge in [-0.1, -0.05) is 121 Å². The first-order chi connectivity index (χ1) is 29.6. The van der Waals surface area contributed by atoms with Crippen molar-refractivity contribution in [2.45, 2.75) is 87.9 Å². The fourth-order valence-corrected chi connectivity index (χ4v) is 15.1. The molecule has 0 aliphatic heterocycles. The minimum Gasteiger partial charge on any atom is -0.267 e. The van der Waals surface area contributed by atoms with Crippen molar-refractivity contribution in [3.05, 3.63) is 164 Å². The third kappa shape index (κ3) is 4.52. The molecule has 2 aromatic heterocycles. The average molecular weight is 781 g/mol. The van der Waals surface area contributed by atoms with E-state index in [1.54, 1.807) is 4.52 Å². The number of aromatic nitrogens is 2. The van der Waals surface area contributed by atoms with E-state index in [2.05, 4.69) is 126 Å². The molecule has 8 aliphatic rings. The van der Waals surface area contributed by atoms with Crippen LogP contribution in [0.5, 0.6) is 0 Å². The first-order valence-electron chi connectivity index (χ1n) is 23.0. The summed E-state index contributed by atoms with van der Waals surface area (Å²) in [6.45, 7) is 0. The fraction of sp³-hybridized carbons (Fsp3) is 0.321. The second kappa shape index (κ2) is 12.4. The zero-order chi connectivity index (χ0) is 39.4. The Balaban J connectivity index is 1.27. The van der Waals surface area contributed by atoms with E-state index in [1.165, 1.54) is 97.6 Å². The monoisotopic (exact) mass is 780 g/mol. The van der Waals surface area contributed by atoms with Gasteiger partial charge in [-0.2, -0.15) is 4.52 Å². The predicted molar refractivity (Wildman–Crippen MR) is 242 cm³/mol. The van der Waals surface area contributed by atoms with E-state index in [9.17, 15) is 0 Å². The molecular weight excluding hydrogens is 733 g/mol. The molecule has 4 nitrogen and oxygen atoms in total. The van der Waals surface area contributed by atoms with Gasteiger partial charge in [0.1, 0.15) is 0 Å². The minimum absolute atomic E-state index is 0.177. The topological polar surface area (TPSA) is 43.0 Å². The number of hydrogen-bond acceptors (Lipinski definition) is 2. The summed E-state index contributed by atoms with van der Waals surface area (Å²) in [7, 11) is 0. The standard InChI is InChI=1S/C56H48N2O2/c59-55-51-43(35-13-5-1-6-14-35)45-39-23-31-21-32(24-39)28-41(27-31)47(45)49(37-17-9-3-10-18-37)53(51)57-54-50(38-19-11-4-12-20-38)48-42-29-33-22-34(30-42)26-40(25-33)46(48)44(36-15-7-2-8-16-36)52(54)56(60)58(55)57/h1-20,31-34,39-42H,21-30H2. The number of nitrogens with zero attached hydrogens (tertiary/aromatic N) is 2. The van der Waals surface area contributed by atoms with Gasteiger partial charge in [-0.05, 0) is 156 Å². The van der Waals surface area contributed by atoms with Crippen LogP contribution >= 0.6 is 0 Å². The van der Waals surface area contributed by atoms with Crippen LogP contribution in [-0.4, -0.2) is 9.03 Å². The molecule has 8 aromatic rings. The van der Waals surface area contributed by atoms with E-state index in [0.717, 1.165) is 44.4 Å². The van der Waals surface area contributed by atoms with Gasteiger partial charge in [-0.3, -0.25) is 9.59 Å². The van der Waals surface area contributed by atoms with Gasteiger partial charge in [0.25, 0.3) is 11.1 Å². The van der Waals surface area contributed by atoms with Crippen molar-refractivity contribution in [1.82, 2.24) is 9.03 Å². The highest BCUT2D eigenvalue weighted by molar-refractivity contribution is 6.12. The minimum atomic E-state index is -0.177. The predicted octanol–water partition coefficient (Wildman–Crippen LogP) is 13.0. The first kappa shape index (κ1) is 34.0. The summed E-state index contributed by atoms with van der Waals surface area (Å²) < 4.78 is 3.80. The van der Waals surface area contributed by atoms with Crippen molar-refractivity contribution in [2.24, 2.45) is 23.7 Å². The number of benzene rings is 6. The smallest absolute Gasteiger partial charge is 0.267 e. The first-order valence-corrected chi connectivity index (χ1v) is 23.0. The van der Waals surface area contributed by atoms with Crippen LogP contribution < -0.4 is 11.1 Å². The molecule has 4 atom stereocenters. The zero-order valence-electron chi connectivity index (χ0n) is 33.9. The summed E-state index contributed by atoms with van der Waals surface area (Å²) in [5, 5.41) is 1.43. The third-order valence-corrected chi connectivity index (χ3v) is 16.7. The highest BCUT2D eigenvalue weighted by Gasteiger charge is 2.48. The normalized spacial score (nSPS) is 27.1. The molecule has 4 fully saturated rings. The van der Waals surface area contributed by atoms with Gasteiger partial charge < -0.3 is 0 Å². The average Bonchev–Trinajstić information content (AvgIpc) is 3.59. The number of rotatable bonds is 4. The van der Waals surface area contributed by atoms with Crippen molar-refractivity contribution >= 4 is 21.8 Å². The van der Waals surface area contributed by atoms with Gasteiger partial charge in [0.2, 0.25) is 0 Å². The van der Waals surface area contributed by atoms with Crippen molar-refractivity contribution in [1.29, 1.82) is 0 Å². The van der Waals surface area contributed by atoms with E-state index in [-0.39, 0.29) is 11.1 Å². The molecule has 8 bridgehead atoms. The van der Waals surface area contributed by atoms with Gasteiger partial charge >= 0.3 is 0 Å². The highest BCUT2D eigenvalue weighted by atomic mass is 16.2. The zero-order valence-corrected chi connectivity index (χ0v) is 33.9. The molecule has 4 saturated carbocycles. The highest BCUT2D eigenvalue weighted by Crippen LogP contribution is 2.63. The molecule has 0 amide bonds. The van der Waals surface area contributed by atoms with E-state index in [0.29, 0.717) is 58.1 Å². The van der Waals surface area contributed by atoms with Gasteiger partial charge in [0, 0.05) is 22.3 Å². The Morgan fingerprint density at radius 1 is 0.317 bits per heavy atom. The molecule has 2 heterocycles. The summed E-state index contributed by atoms with van der Waals surface area (Å²) in [4.78, 5) is 32.1. The van der Waals surface area contributed by atoms with Crippen molar-refractivity contribution < 1.29 is 0 Å². The molecule has 60 heavy (non-hydrogen) atoms. The molecule has 0 radical (unpaired) electrons. The Bertz CT molecular complexity index is 2940. The van der Waals surface area contributed by atoms with Gasteiger partial charge in [-0.25, -0.2) is 4.52 Å². The van der Waals surface area contributed by atoms with Crippen LogP contribution in [0.3, 0.4) is 0 Å². The molecule has 294 valence electrons. The van der Waals surface area contributed by atoms with Gasteiger partial charge in [-0.15, -0.1) is 0 Å². The Morgan fingerprint density at radius 3 is 0.883 bits per heavy atom. The van der Waals surface area contributed by atoms with Crippen LogP contribution in [0.2, 0.25) is 0 Å². The van der Waals surface area contributed by atoms with Crippen LogP contribution in [0.25, 0.3) is 66.3 Å². The Hall–Kier alpha value is -5.74. The SMILES string of the molecule is O=c1c2c(-c3ccccc3)c3c(c(-c4ccccc4)c2n2c4c(-c5ccccc5)c5c(c(-c6ccccc6)c4c(=O)n12)C1CC2CC(C1)CC5C2)C1CC2CC(CC3C2)C1. The van der Waals surface area contributed by atoms with Crippen LogP contribution in [0.15, 0.2) is 131 Å². The van der Waals surface area contributed by atoms with Crippen molar-refractivity contribution in [3.8, 4) is 44.5 Å². The Morgan fingerprint density at radius 2 is 0.583 bits per heavy atom. The maximum absolute atomic E-state index is 16.1. The second-order valence-electron chi connectivity index (χ2n) is 19.9.